The molecule has 3 aromatic carbocycles. The Morgan fingerprint density at radius 2 is 1.78 bits per heavy atom. The SMILES string of the molecule is O=C(O)Cc1cccc(NC(=O)CCN2C(=O)/C(=C/c3cc(-c4ccc(F)c(F)c4)ccc3OCCN3CCOCC3)SC2=S)c1. The average molecular weight is 668 g/mol. The summed E-state index contributed by atoms with van der Waals surface area (Å²) in [4.78, 5) is 41.0. The van der Waals surface area contributed by atoms with E-state index in [9.17, 15) is 23.2 Å². The molecule has 2 amide bonds. The number of ether oxygens (including phenoxy) is 2. The molecular formula is C33H31F2N3O6S2. The number of anilines is 1. The zero-order valence-electron chi connectivity index (χ0n) is 24.7. The minimum Gasteiger partial charge on any atom is -0.492 e. The fourth-order valence-corrected chi connectivity index (χ4v) is 6.26. The van der Waals surface area contributed by atoms with Crippen LogP contribution in [0.25, 0.3) is 17.2 Å². The first-order valence-electron chi connectivity index (χ1n) is 14.5. The summed E-state index contributed by atoms with van der Waals surface area (Å²) in [5.41, 5.74) is 2.62. The maximum absolute atomic E-state index is 14.0. The summed E-state index contributed by atoms with van der Waals surface area (Å²) in [5, 5.41) is 11.7. The molecule has 9 nitrogen and oxygen atoms in total. The van der Waals surface area contributed by atoms with E-state index in [0.717, 1.165) is 37.0 Å². The Bertz CT molecular complexity index is 1680. The van der Waals surface area contributed by atoms with E-state index in [1.54, 1.807) is 48.5 Å². The summed E-state index contributed by atoms with van der Waals surface area (Å²) in [6.45, 7) is 4.06. The Kier molecular flexibility index (Phi) is 11.1. The Balaban J connectivity index is 1.29. The van der Waals surface area contributed by atoms with Gasteiger partial charge >= 0.3 is 5.97 Å². The lowest BCUT2D eigenvalue weighted by Gasteiger charge is -2.26. The maximum Gasteiger partial charge on any atom is 0.307 e. The second-order valence-electron chi connectivity index (χ2n) is 10.6. The number of nitrogens with one attached hydrogen (secondary N) is 1. The normalized spacial score (nSPS) is 16.2. The van der Waals surface area contributed by atoms with Crippen LogP contribution in [0.15, 0.2) is 65.6 Å². The number of hydrogen-bond donors (Lipinski definition) is 2. The molecule has 0 spiro atoms. The van der Waals surface area contributed by atoms with Crippen molar-refractivity contribution in [2.75, 3.05) is 51.3 Å². The van der Waals surface area contributed by atoms with Crippen molar-refractivity contribution in [1.29, 1.82) is 0 Å². The van der Waals surface area contributed by atoms with Crippen LogP contribution in [0.3, 0.4) is 0 Å². The first kappa shape index (κ1) is 33.2. The van der Waals surface area contributed by atoms with Crippen molar-refractivity contribution in [3.63, 3.8) is 0 Å². The van der Waals surface area contributed by atoms with E-state index >= 15 is 0 Å². The molecule has 2 saturated heterocycles. The number of carboxylic acid groups (broad SMARTS) is 1. The summed E-state index contributed by atoms with van der Waals surface area (Å²) >= 11 is 6.57. The Morgan fingerprint density at radius 1 is 1.02 bits per heavy atom. The number of carbonyl (C=O) groups excluding carboxylic acids is 2. The van der Waals surface area contributed by atoms with Crippen LogP contribution < -0.4 is 10.1 Å². The molecule has 2 heterocycles. The van der Waals surface area contributed by atoms with Crippen LogP contribution in [-0.2, 0) is 25.5 Å². The van der Waals surface area contributed by atoms with Crippen molar-refractivity contribution in [2.45, 2.75) is 12.8 Å². The van der Waals surface area contributed by atoms with Crippen molar-refractivity contribution in [3.05, 3.63) is 88.3 Å². The van der Waals surface area contributed by atoms with Gasteiger partial charge in [0.25, 0.3) is 5.91 Å². The van der Waals surface area contributed by atoms with E-state index in [1.165, 1.54) is 11.0 Å². The predicted molar refractivity (Wildman–Crippen MR) is 175 cm³/mol. The molecule has 0 aliphatic carbocycles. The third kappa shape index (κ3) is 8.75. The largest absolute Gasteiger partial charge is 0.492 e. The number of benzene rings is 3. The summed E-state index contributed by atoms with van der Waals surface area (Å²) in [5.74, 6) is -3.12. The minimum absolute atomic E-state index is 0.0373. The van der Waals surface area contributed by atoms with Crippen LogP contribution in [0.5, 0.6) is 5.75 Å². The number of rotatable bonds is 12. The first-order chi connectivity index (χ1) is 22.2. The molecule has 2 fully saturated rings. The van der Waals surface area contributed by atoms with E-state index in [-0.39, 0.29) is 31.2 Å². The number of thioether (sulfide) groups is 1. The van der Waals surface area contributed by atoms with E-state index in [2.05, 4.69) is 10.2 Å². The molecule has 2 N–H and O–H groups in total. The van der Waals surface area contributed by atoms with E-state index in [0.29, 0.717) is 69.3 Å². The van der Waals surface area contributed by atoms with Crippen molar-refractivity contribution in [1.82, 2.24) is 9.80 Å². The molecule has 0 radical (unpaired) electrons. The topological polar surface area (TPSA) is 108 Å². The minimum atomic E-state index is -0.978. The summed E-state index contributed by atoms with van der Waals surface area (Å²) in [6, 6.07) is 15.4. The molecule has 2 aliphatic heterocycles. The third-order valence-electron chi connectivity index (χ3n) is 7.32. The van der Waals surface area contributed by atoms with E-state index in [1.807, 2.05) is 0 Å². The number of carboxylic acids is 1. The number of thiocarbonyl (C=S) groups is 1. The van der Waals surface area contributed by atoms with Gasteiger partial charge in [0.1, 0.15) is 16.7 Å². The smallest absolute Gasteiger partial charge is 0.307 e. The highest BCUT2D eigenvalue weighted by atomic mass is 32.2. The molecule has 3 aromatic rings. The van der Waals surface area contributed by atoms with Gasteiger partial charge in [0.15, 0.2) is 11.6 Å². The van der Waals surface area contributed by atoms with Gasteiger partial charge in [0.05, 0.1) is 24.5 Å². The van der Waals surface area contributed by atoms with Crippen molar-refractivity contribution < 1.29 is 37.7 Å². The van der Waals surface area contributed by atoms with Crippen LogP contribution in [0.1, 0.15) is 17.5 Å². The molecule has 46 heavy (non-hydrogen) atoms. The number of hydrogen-bond acceptors (Lipinski definition) is 8. The molecule has 240 valence electrons. The number of nitrogens with zero attached hydrogens (tertiary/aromatic N) is 2. The second-order valence-corrected chi connectivity index (χ2v) is 12.3. The van der Waals surface area contributed by atoms with Gasteiger partial charge in [-0.15, -0.1) is 0 Å². The van der Waals surface area contributed by atoms with Crippen molar-refractivity contribution in [3.8, 4) is 16.9 Å². The monoisotopic (exact) mass is 667 g/mol. The quantitative estimate of drug-likeness (QED) is 0.199. The van der Waals surface area contributed by atoms with Gasteiger partial charge in [-0.05, 0) is 59.2 Å². The number of amides is 2. The average Bonchev–Trinajstić information content (AvgIpc) is 3.29. The number of carbonyl (C=O) groups is 3. The fraction of sp³-hybridized carbons (Fsp3) is 0.273. The molecule has 2 aliphatic rings. The molecule has 0 atom stereocenters. The lowest BCUT2D eigenvalue weighted by Crippen LogP contribution is -2.38. The van der Waals surface area contributed by atoms with E-state index < -0.39 is 17.6 Å². The molecule has 0 unspecified atom stereocenters. The Hall–Kier alpha value is -4.17. The first-order valence-corrected chi connectivity index (χ1v) is 15.8. The van der Waals surface area contributed by atoms with Gasteiger partial charge in [-0.2, -0.15) is 0 Å². The third-order valence-corrected chi connectivity index (χ3v) is 8.70. The summed E-state index contributed by atoms with van der Waals surface area (Å²) < 4.78 is 39.4. The van der Waals surface area contributed by atoms with Gasteiger partial charge < -0.3 is 19.9 Å². The second kappa shape index (κ2) is 15.4. The highest BCUT2D eigenvalue weighted by molar-refractivity contribution is 8.26. The maximum atomic E-state index is 14.0. The van der Waals surface area contributed by atoms with Crippen LogP contribution in [-0.4, -0.2) is 83.0 Å². The highest BCUT2D eigenvalue weighted by Gasteiger charge is 2.32. The number of morpholine rings is 1. The molecule has 5 rings (SSSR count). The number of halogens is 2. The van der Waals surface area contributed by atoms with Gasteiger partial charge in [0.2, 0.25) is 5.91 Å². The standard InChI is InChI=1S/C33H31F2N3O6S2/c34-26-6-4-23(19-27(26)35)22-5-7-28(44-15-12-37-10-13-43-14-11-37)24(18-22)20-29-32(42)38(33(45)46-29)9-8-30(39)36-25-3-1-2-21(16-25)17-31(40)41/h1-7,16,18-20H,8-15,17H2,(H,36,39)(H,40,41)/b29-20-. The van der Waals surface area contributed by atoms with Gasteiger partial charge in [-0.25, -0.2) is 8.78 Å². The zero-order chi connectivity index (χ0) is 32.6. The number of aliphatic carboxylic acids is 1. The summed E-state index contributed by atoms with van der Waals surface area (Å²) in [7, 11) is 0. The predicted octanol–water partition coefficient (Wildman–Crippen LogP) is 5.20. The molecule has 13 heteroatoms. The van der Waals surface area contributed by atoms with Crippen LogP contribution in [0.4, 0.5) is 14.5 Å². The lowest BCUT2D eigenvalue weighted by molar-refractivity contribution is -0.136. The van der Waals surface area contributed by atoms with Crippen molar-refractivity contribution in [2.24, 2.45) is 0 Å². The molecular weight excluding hydrogens is 637 g/mol. The van der Waals surface area contributed by atoms with E-state index in [4.69, 9.17) is 26.8 Å². The van der Waals surface area contributed by atoms with Crippen LogP contribution in [0, 0.1) is 11.6 Å². The van der Waals surface area contributed by atoms with Gasteiger partial charge in [0, 0.05) is 43.9 Å². The Morgan fingerprint density at radius 3 is 2.54 bits per heavy atom. The van der Waals surface area contributed by atoms with Gasteiger partial charge in [-0.3, -0.25) is 24.2 Å². The zero-order valence-corrected chi connectivity index (χ0v) is 26.3. The molecule has 0 aromatic heterocycles. The fourth-order valence-electron chi connectivity index (χ4n) is 4.96. The van der Waals surface area contributed by atoms with Crippen LogP contribution in [0.2, 0.25) is 0 Å². The van der Waals surface area contributed by atoms with Crippen molar-refractivity contribution >= 4 is 57.8 Å². The lowest BCUT2D eigenvalue weighted by atomic mass is 10.0. The summed E-state index contributed by atoms with van der Waals surface area (Å²) in [6.07, 6.45) is 1.45. The Labute approximate surface area is 274 Å². The molecule has 0 bridgehead atoms. The highest BCUT2D eigenvalue weighted by Crippen LogP contribution is 2.36. The molecule has 0 saturated carbocycles. The van der Waals surface area contributed by atoms with Gasteiger partial charge in [-0.1, -0.05) is 48.2 Å². The van der Waals surface area contributed by atoms with Crippen LogP contribution >= 0.6 is 24.0 Å².